The van der Waals surface area contributed by atoms with Crippen LogP contribution in [0.25, 0.3) is 0 Å². The number of carboxylic acid groups (broad SMARTS) is 1. The van der Waals surface area contributed by atoms with Crippen molar-refractivity contribution in [2.75, 3.05) is 18.1 Å². The van der Waals surface area contributed by atoms with Crippen molar-refractivity contribution in [3.05, 3.63) is 0 Å². The van der Waals surface area contributed by atoms with E-state index in [4.69, 9.17) is 5.11 Å². The second-order valence-electron chi connectivity index (χ2n) is 20.9. The predicted molar refractivity (Wildman–Crippen MR) is 297 cm³/mol. The van der Waals surface area contributed by atoms with Crippen molar-refractivity contribution >= 4 is 47.0 Å². The number of amides is 3. The topological polar surface area (TPSA) is 159 Å². The van der Waals surface area contributed by atoms with E-state index in [1.807, 2.05) is 0 Å². The molecule has 3 amide bonds. The second kappa shape index (κ2) is 51.5. The van der Waals surface area contributed by atoms with Gasteiger partial charge < -0.3 is 21.1 Å². The third-order valence-corrected chi connectivity index (χ3v) is 15.2. The van der Waals surface area contributed by atoms with Crippen LogP contribution in [0.5, 0.6) is 0 Å². The molecule has 0 saturated carbocycles. The summed E-state index contributed by atoms with van der Waals surface area (Å²) in [7, 11) is 0. The van der Waals surface area contributed by atoms with E-state index in [9.17, 15) is 28.8 Å². The number of aliphatic carboxylic acids is 1. The fourth-order valence-electron chi connectivity index (χ4n) is 9.28. The van der Waals surface area contributed by atoms with Gasteiger partial charge in [-0.15, -0.1) is 0 Å². The summed E-state index contributed by atoms with van der Waals surface area (Å²) in [6.45, 7) is 7.67. The molecule has 0 rings (SSSR count). The zero-order valence-electron chi connectivity index (χ0n) is 46.1. The molecule has 0 aromatic rings. The summed E-state index contributed by atoms with van der Waals surface area (Å²) >= 11 is 1.39. The summed E-state index contributed by atoms with van der Waals surface area (Å²) in [5, 5.41) is 16.9. The summed E-state index contributed by atoms with van der Waals surface area (Å²) in [6.07, 6.45) is 49.1. The van der Waals surface area contributed by atoms with Crippen LogP contribution in [0.1, 0.15) is 304 Å². The first kappa shape index (κ1) is 67.6. The van der Waals surface area contributed by atoms with E-state index in [0.717, 1.165) is 64.2 Å². The van der Waals surface area contributed by atoms with Gasteiger partial charge in [0.2, 0.25) is 17.7 Å². The van der Waals surface area contributed by atoms with Gasteiger partial charge in [0.15, 0.2) is 0 Å². The molecule has 2 unspecified atom stereocenters. The maximum atomic E-state index is 13.8. The summed E-state index contributed by atoms with van der Waals surface area (Å²) in [5.74, 6) is -2.30. The number of nitrogens with one attached hydrogen (secondary N) is 3. The molecule has 0 aliphatic heterocycles. The molecule has 0 aromatic heterocycles. The van der Waals surface area contributed by atoms with E-state index in [0.29, 0.717) is 18.6 Å². The monoisotopic (exact) mass is 1010 g/mol. The van der Waals surface area contributed by atoms with Crippen molar-refractivity contribution in [3.63, 3.8) is 0 Å². The van der Waals surface area contributed by atoms with Crippen LogP contribution < -0.4 is 16.0 Å². The van der Waals surface area contributed by atoms with Crippen molar-refractivity contribution in [2.45, 2.75) is 316 Å². The molecule has 0 fully saturated rings. The lowest BCUT2D eigenvalue weighted by molar-refractivity contribution is -0.138. The van der Waals surface area contributed by atoms with E-state index in [-0.39, 0.29) is 36.1 Å². The molecule has 0 aromatic carbocycles. The molecule has 10 nitrogen and oxygen atoms in total. The molecule has 70 heavy (non-hydrogen) atoms. The van der Waals surface area contributed by atoms with Gasteiger partial charge in [-0.25, -0.2) is 0 Å². The van der Waals surface area contributed by atoms with Crippen LogP contribution in [0.3, 0.4) is 0 Å². The fraction of sp³-hybridized carbons (Fsp3) is 0.898. The van der Waals surface area contributed by atoms with Crippen molar-refractivity contribution in [1.82, 2.24) is 16.0 Å². The highest BCUT2D eigenvalue weighted by Gasteiger charge is 2.27. The fourth-order valence-corrected chi connectivity index (χ4v) is 10.5. The first-order chi connectivity index (χ1) is 34.0. The van der Waals surface area contributed by atoms with Gasteiger partial charge in [-0.3, -0.25) is 28.8 Å². The van der Waals surface area contributed by atoms with Gasteiger partial charge in [0.05, 0.1) is 0 Å². The van der Waals surface area contributed by atoms with Gasteiger partial charge >= 0.3 is 5.97 Å². The van der Waals surface area contributed by atoms with E-state index in [1.54, 1.807) is 0 Å². The van der Waals surface area contributed by atoms with Crippen LogP contribution in [0.15, 0.2) is 0 Å². The zero-order valence-corrected chi connectivity index (χ0v) is 46.9. The molecular formula is C59H111N3O7S. The van der Waals surface area contributed by atoms with Crippen LogP contribution in [-0.4, -0.2) is 70.5 Å². The first-order valence-corrected chi connectivity index (χ1v) is 30.9. The van der Waals surface area contributed by atoms with Crippen LogP contribution >= 0.6 is 11.8 Å². The first-order valence-electron chi connectivity index (χ1n) is 29.8. The molecule has 0 bridgehead atoms. The average Bonchev–Trinajstić information content (AvgIpc) is 3.34. The Labute approximate surface area is 434 Å². The Morgan fingerprint density at radius 3 is 1.13 bits per heavy atom. The van der Waals surface area contributed by atoms with Gasteiger partial charge in [-0.1, -0.05) is 252 Å². The highest BCUT2D eigenvalue weighted by Crippen LogP contribution is 2.22. The lowest BCUT2D eigenvalue weighted by Gasteiger charge is -2.22. The molecule has 410 valence electrons. The summed E-state index contributed by atoms with van der Waals surface area (Å²) < 4.78 is 0. The number of carbonyl (C=O) groups is 6. The number of Topliss-reactive ketones (excluding diaryl/α,β-unsaturated/α-hetero) is 2. The molecule has 0 saturated heterocycles. The smallest absolute Gasteiger partial charge is 0.322 e. The molecule has 4 N–H and O–H groups in total. The van der Waals surface area contributed by atoms with Gasteiger partial charge in [-0.05, 0) is 26.2 Å². The van der Waals surface area contributed by atoms with E-state index < -0.39 is 42.3 Å². The maximum absolute atomic E-state index is 13.8. The van der Waals surface area contributed by atoms with Crippen molar-refractivity contribution in [1.29, 1.82) is 0 Å². The number of ketones is 2. The lowest BCUT2D eigenvalue weighted by atomic mass is 9.93. The molecule has 0 aliphatic carbocycles. The number of thioether (sulfide) groups is 1. The minimum absolute atomic E-state index is 0.102. The number of unbranched alkanes of at least 4 members (excludes halogenated alkanes) is 36. The van der Waals surface area contributed by atoms with Crippen molar-refractivity contribution in [2.24, 2.45) is 5.92 Å². The lowest BCUT2D eigenvalue weighted by Crippen LogP contribution is -2.54. The standard InChI is InChI=1S/C59H111N3O7S/c1-5-8-11-14-17-20-23-26-29-32-35-38-41-44-53(63)47-52(55(64)45-42-39-36-33-30-27-24-21-18-15-12-9-6-2)49-70-50-54(59(69)61-51(4)58(68)60-48-57(66)67)62-56(65)46-43-40-37-34-31-28-25-22-19-16-13-10-7-3/h51-52,54H,5-50H2,1-4H3,(H,60,68)(H,61,69)(H,62,65)(H,66,67)/t51?,52?,54-/m0/s1. The highest BCUT2D eigenvalue weighted by atomic mass is 32.2. The van der Waals surface area contributed by atoms with E-state index >= 15 is 0 Å². The quantitative estimate of drug-likeness (QED) is 0.0438. The van der Waals surface area contributed by atoms with Gasteiger partial charge in [0, 0.05) is 43.1 Å². The molecule has 0 radical (unpaired) electrons. The van der Waals surface area contributed by atoms with Gasteiger partial charge in [0.1, 0.15) is 30.2 Å². The number of carbonyl (C=O) groups excluding carboxylic acids is 5. The highest BCUT2D eigenvalue weighted by molar-refractivity contribution is 7.99. The predicted octanol–water partition coefficient (Wildman–Crippen LogP) is 15.5. The molecule has 0 spiro atoms. The van der Waals surface area contributed by atoms with Crippen LogP contribution in [0, 0.1) is 5.92 Å². The minimum Gasteiger partial charge on any atom is -0.480 e. The van der Waals surface area contributed by atoms with Crippen molar-refractivity contribution in [3.8, 4) is 0 Å². The van der Waals surface area contributed by atoms with E-state index in [1.165, 1.54) is 205 Å². The number of hydrogen-bond donors (Lipinski definition) is 4. The molecule has 11 heteroatoms. The SMILES string of the molecule is CCCCCCCCCCCCCCCC(=O)CC(CSC[C@H](NC(=O)CCCCCCCCCCCCCCC)C(=O)NC(C)C(=O)NCC(=O)O)C(=O)CCCCCCCCCCCCCCC. The normalized spacial score (nSPS) is 12.6. The Bertz CT molecular complexity index is 1280. The zero-order chi connectivity index (χ0) is 51.6. The minimum atomic E-state index is -1.19. The summed E-state index contributed by atoms with van der Waals surface area (Å²) in [5.41, 5.74) is 0. The van der Waals surface area contributed by atoms with E-state index in [2.05, 4.69) is 36.7 Å². The van der Waals surface area contributed by atoms with Crippen LogP contribution in [-0.2, 0) is 28.8 Å². The summed E-state index contributed by atoms with van der Waals surface area (Å²) in [4.78, 5) is 77.6. The van der Waals surface area contributed by atoms with Gasteiger partial charge in [0.25, 0.3) is 0 Å². The molecule has 0 heterocycles. The molecule has 3 atom stereocenters. The third kappa shape index (κ3) is 45.4. The van der Waals surface area contributed by atoms with Crippen LogP contribution in [0.2, 0.25) is 0 Å². The van der Waals surface area contributed by atoms with Gasteiger partial charge in [-0.2, -0.15) is 11.8 Å². The number of carboxylic acids is 1. The average molecular weight is 1010 g/mol. The Morgan fingerprint density at radius 2 is 0.757 bits per heavy atom. The van der Waals surface area contributed by atoms with Crippen LogP contribution in [0.4, 0.5) is 0 Å². The Kier molecular flexibility index (Phi) is 49.7. The molecular weight excluding hydrogens is 895 g/mol. The second-order valence-corrected chi connectivity index (χ2v) is 22.0. The number of rotatable bonds is 55. The molecule has 0 aliphatic rings. The number of hydrogen-bond acceptors (Lipinski definition) is 7. The Hall–Kier alpha value is -2.43. The maximum Gasteiger partial charge on any atom is 0.322 e. The summed E-state index contributed by atoms with van der Waals surface area (Å²) in [6, 6.07) is -1.98. The third-order valence-electron chi connectivity index (χ3n) is 13.9. The van der Waals surface area contributed by atoms with Crippen molar-refractivity contribution < 1.29 is 33.9 Å². The largest absolute Gasteiger partial charge is 0.480 e. The Balaban J connectivity index is 5.28. The Morgan fingerprint density at radius 1 is 0.414 bits per heavy atom.